The first-order chi connectivity index (χ1) is 7.91. The van der Waals surface area contributed by atoms with Crippen LogP contribution in [-0.2, 0) is 14.4 Å². The Morgan fingerprint density at radius 3 is 2.59 bits per heavy atom. The van der Waals surface area contributed by atoms with Crippen LogP contribution in [0.3, 0.4) is 0 Å². The number of carbonyl (C=O) groups excluding carboxylic acids is 2. The molecule has 0 radical (unpaired) electrons. The molecule has 0 spiro atoms. The van der Waals surface area contributed by atoms with Gasteiger partial charge < -0.3 is 15.7 Å². The number of rotatable bonds is 5. The van der Waals surface area contributed by atoms with E-state index in [4.69, 9.17) is 5.11 Å². The molecule has 6 heteroatoms. The summed E-state index contributed by atoms with van der Waals surface area (Å²) in [6, 6.07) is -0.510. The van der Waals surface area contributed by atoms with E-state index in [-0.39, 0.29) is 24.3 Å². The van der Waals surface area contributed by atoms with E-state index in [2.05, 4.69) is 10.6 Å². The fourth-order valence-corrected chi connectivity index (χ4v) is 1.75. The van der Waals surface area contributed by atoms with Gasteiger partial charge >= 0.3 is 5.97 Å². The van der Waals surface area contributed by atoms with Crippen LogP contribution < -0.4 is 10.6 Å². The monoisotopic (exact) mass is 242 g/mol. The van der Waals surface area contributed by atoms with Crippen LogP contribution in [0.2, 0.25) is 0 Å². The van der Waals surface area contributed by atoms with E-state index in [1.165, 1.54) is 0 Å². The molecule has 96 valence electrons. The fraction of sp³-hybridized carbons (Fsp3) is 0.727. The van der Waals surface area contributed by atoms with Crippen molar-refractivity contribution in [3.63, 3.8) is 0 Å². The van der Waals surface area contributed by atoms with Crippen LogP contribution in [0, 0.1) is 11.8 Å². The van der Waals surface area contributed by atoms with Gasteiger partial charge in [-0.05, 0) is 12.3 Å². The van der Waals surface area contributed by atoms with Crippen molar-refractivity contribution in [1.29, 1.82) is 0 Å². The Labute approximate surface area is 99.8 Å². The SMILES string of the molecule is CC(C)C(CNC(=O)C1CCC(=O)N1)C(=O)O. The summed E-state index contributed by atoms with van der Waals surface area (Å²) < 4.78 is 0. The lowest BCUT2D eigenvalue weighted by atomic mass is 9.96. The number of carbonyl (C=O) groups is 3. The Morgan fingerprint density at radius 2 is 2.18 bits per heavy atom. The highest BCUT2D eigenvalue weighted by Gasteiger charge is 2.28. The highest BCUT2D eigenvalue weighted by molar-refractivity contribution is 5.90. The van der Waals surface area contributed by atoms with Crippen LogP contribution in [0.5, 0.6) is 0 Å². The highest BCUT2D eigenvalue weighted by atomic mass is 16.4. The minimum Gasteiger partial charge on any atom is -0.481 e. The molecule has 1 heterocycles. The molecule has 0 aromatic rings. The molecule has 1 fully saturated rings. The van der Waals surface area contributed by atoms with Crippen LogP contribution >= 0.6 is 0 Å². The second-order valence-corrected chi connectivity index (χ2v) is 4.59. The van der Waals surface area contributed by atoms with Crippen molar-refractivity contribution in [3.8, 4) is 0 Å². The minimum absolute atomic E-state index is 0.0500. The molecule has 2 unspecified atom stereocenters. The standard InChI is InChI=1S/C11H18N2O4/c1-6(2)7(11(16)17)5-12-10(15)8-3-4-9(14)13-8/h6-8H,3-5H2,1-2H3,(H,12,15)(H,13,14)(H,16,17). The summed E-state index contributed by atoms with van der Waals surface area (Å²) in [6.07, 6.45) is 0.828. The van der Waals surface area contributed by atoms with Gasteiger partial charge in [0.15, 0.2) is 0 Å². The number of aliphatic carboxylic acids is 1. The molecular weight excluding hydrogens is 224 g/mol. The fourth-order valence-electron chi connectivity index (χ4n) is 1.75. The molecule has 17 heavy (non-hydrogen) atoms. The Morgan fingerprint density at radius 1 is 1.53 bits per heavy atom. The topological polar surface area (TPSA) is 95.5 Å². The van der Waals surface area contributed by atoms with E-state index < -0.39 is 17.9 Å². The van der Waals surface area contributed by atoms with Crippen LogP contribution in [-0.4, -0.2) is 35.5 Å². The first kappa shape index (κ1) is 13.5. The molecule has 6 nitrogen and oxygen atoms in total. The quantitative estimate of drug-likeness (QED) is 0.619. The third kappa shape index (κ3) is 3.72. The molecule has 1 rings (SSSR count). The third-order valence-corrected chi connectivity index (χ3v) is 2.93. The maximum Gasteiger partial charge on any atom is 0.308 e. The Bertz CT molecular complexity index is 327. The normalized spacial score (nSPS) is 21.1. The molecular formula is C11H18N2O4. The smallest absolute Gasteiger partial charge is 0.308 e. The van der Waals surface area contributed by atoms with Gasteiger partial charge in [-0.2, -0.15) is 0 Å². The second kappa shape index (κ2) is 5.65. The Balaban J connectivity index is 2.41. The Hall–Kier alpha value is -1.59. The van der Waals surface area contributed by atoms with Gasteiger partial charge in [0.05, 0.1) is 5.92 Å². The van der Waals surface area contributed by atoms with Gasteiger partial charge in [0.2, 0.25) is 11.8 Å². The van der Waals surface area contributed by atoms with E-state index in [9.17, 15) is 14.4 Å². The van der Waals surface area contributed by atoms with Crippen molar-refractivity contribution in [3.05, 3.63) is 0 Å². The molecule has 1 aliphatic rings. The molecule has 2 atom stereocenters. The van der Waals surface area contributed by atoms with E-state index in [1.54, 1.807) is 13.8 Å². The molecule has 0 bridgehead atoms. The summed E-state index contributed by atoms with van der Waals surface area (Å²) in [4.78, 5) is 33.5. The van der Waals surface area contributed by atoms with Gasteiger partial charge in [-0.25, -0.2) is 0 Å². The summed E-state index contributed by atoms with van der Waals surface area (Å²) in [5, 5.41) is 14.1. The van der Waals surface area contributed by atoms with Gasteiger partial charge in [-0.1, -0.05) is 13.8 Å². The van der Waals surface area contributed by atoms with Crippen LogP contribution in [0.15, 0.2) is 0 Å². The number of amides is 2. The molecule has 1 saturated heterocycles. The number of hydrogen-bond acceptors (Lipinski definition) is 3. The van der Waals surface area contributed by atoms with E-state index in [0.29, 0.717) is 12.8 Å². The van der Waals surface area contributed by atoms with Gasteiger partial charge in [0.1, 0.15) is 6.04 Å². The van der Waals surface area contributed by atoms with E-state index >= 15 is 0 Å². The highest BCUT2D eigenvalue weighted by Crippen LogP contribution is 2.11. The summed E-state index contributed by atoms with van der Waals surface area (Å²) in [7, 11) is 0. The van der Waals surface area contributed by atoms with Gasteiger partial charge in [0.25, 0.3) is 0 Å². The molecule has 0 aromatic carbocycles. The maximum absolute atomic E-state index is 11.6. The van der Waals surface area contributed by atoms with E-state index in [0.717, 1.165) is 0 Å². The van der Waals surface area contributed by atoms with Crippen molar-refractivity contribution < 1.29 is 19.5 Å². The minimum atomic E-state index is -0.921. The van der Waals surface area contributed by atoms with E-state index in [1.807, 2.05) is 0 Å². The lowest BCUT2D eigenvalue weighted by Gasteiger charge is -2.18. The zero-order valence-corrected chi connectivity index (χ0v) is 10.0. The molecule has 3 N–H and O–H groups in total. The molecule has 0 aromatic heterocycles. The lowest BCUT2D eigenvalue weighted by Crippen LogP contribution is -2.44. The first-order valence-electron chi connectivity index (χ1n) is 5.71. The lowest BCUT2D eigenvalue weighted by molar-refractivity contribution is -0.143. The molecule has 0 saturated carbocycles. The maximum atomic E-state index is 11.6. The van der Waals surface area contributed by atoms with Crippen LogP contribution in [0.25, 0.3) is 0 Å². The predicted octanol–water partition coefficient (Wildman–Crippen LogP) is -0.262. The number of hydrogen-bond donors (Lipinski definition) is 3. The summed E-state index contributed by atoms with van der Waals surface area (Å²) >= 11 is 0. The van der Waals surface area contributed by atoms with Crippen molar-refractivity contribution in [2.24, 2.45) is 11.8 Å². The average Bonchev–Trinajstić information content (AvgIpc) is 2.63. The second-order valence-electron chi connectivity index (χ2n) is 4.59. The summed E-state index contributed by atoms with van der Waals surface area (Å²) in [6.45, 7) is 3.68. The van der Waals surface area contributed by atoms with Crippen molar-refractivity contribution in [2.75, 3.05) is 6.54 Å². The van der Waals surface area contributed by atoms with Crippen molar-refractivity contribution >= 4 is 17.8 Å². The number of carboxylic acid groups (broad SMARTS) is 1. The van der Waals surface area contributed by atoms with Crippen molar-refractivity contribution in [1.82, 2.24) is 10.6 Å². The molecule has 0 aliphatic carbocycles. The van der Waals surface area contributed by atoms with Crippen LogP contribution in [0.4, 0.5) is 0 Å². The molecule has 2 amide bonds. The largest absolute Gasteiger partial charge is 0.481 e. The zero-order chi connectivity index (χ0) is 13.0. The third-order valence-electron chi connectivity index (χ3n) is 2.93. The molecule has 1 aliphatic heterocycles. The summed E-state index contributed by atoms with van der Waals surface area (Å²) in [5.41, 5.74) is 0. The van der Waals surface area contributed by atoms with Gasteiger partial charge in [0, 0.05) is 13.0 Å². The van der Waals surface area contributed by atoms with Crippen LogP contribution in [0.1, 0.15) is 26.7 Å². The number of carboxylic acids is 1. The number of nitrogens with one attached hydrogen (secondary N) is 2. The van der Waals surface area contributed by atoms with Gasteiger partial charge in [-0.15, -0.1) is 0 Å². The zero-order valence-electron chi connectivity index (χ0n) is 10.0. The van der Waals surface area contributed by atoms with Crippen molar-refractivity contribution in [2.45, 2.75) is 32.7 Å². The van der Waals surface area contributed by atoms with Gasteiger partial charge in [-0.3, -0.25) is 14.4 Å². The summed E-state index contributed by atoms with van der Waals surface area (Å²) in [5.74, 6) is -2.01. The average molecular weight is 242 g/mol. The predicted molar refractivity (Wildman–Crippen MR) is 60.1 cm³/mol. The Kier molecular flexibility index (Phi) is 4.48. The first-order valence-corrected chi connectivity index (χ1v) is 5.71.